The van der Waals surface area contributed by atoms with Gasteiger partial charge in [-0.3, -0.25) is 24.0 Å². The Kier molecular flexibility index (Phi) is 13.4. The van der Waals surface area contributed by atoms with Crippen LogP contribution < -0.4 is 32.7 Å². The van der Waals surface area contributed by atoms with Crippen molar-refractivity contribution in [1.29, 1.82) is 0 Å². The number of nitrogens with one attached hydrogen (secondary N) is 4. The highest BCUT2D eigenvalue weighted by Crippen LogP contribution is 2.11. The second kappa shape index (κ2) is 16.7. The molecule has 12 heteroatoms. The zero-order chi connectivity index (χ0) is 30.4. The lowest BCUT2D eigenvalue weighted by atomic mass is 9.99. The summed E-state index contributed by atoms with van der Waals surface area (Å²) in [6.45, 7) is 2.77. The maximum absolute atomic E-state index is 13.1. The fourth-order valence-corrected chi connectivity index (χ4v) is 3.98. The van der Waals surface area contributed by atoms with E-state index in [1.165, 1.54) is 12.1 Å². The molecule has 0 aliphatic heterocycles. The quantitative estimate of drug-likeness (QED) is 0.137. The summed E-state index contributed by atoms with van der Waals surface area (Å²) in [5.41, 5.74) is 12.9. The van der Waals surface area contributed by atoms with Gasteiger partial charge in [0.05, 0.1) is 31.7 Å². The van der Waals surface area contributed by atoms with E-state index >= 15 is 0 Å². The largest absolute Gasteiger partial charge is 0.508 e. The molecule has 0 fully saturated rings. The van der Waals surface area contributed by atoms with Gasteiger partial charge in [-0.15, -0.1) is 0 Å². The number of aromatic hydroxyl groups is 1. The van der Waals surface area contributed by atoms with Gasteiger partial charge < -0.3 is 37.8 Å². The zero-order valence-electron chi connectivity index (χ0n) is 23.4. The van der Waals surface area contributed by atoms with Gasteiger partial charge in [0.15, 0.2) is 5.78 Å². The number of hydrogen-bond donors (Lipinski definition) is 7. The van der Waals surface area contributed by atoms with E-state index in [0.29, 0.717) is 6.42 Å². The Labute approximate surface area is 239 Å². The van der Waals surface area contributed by atoms with Crippen LogP contribution in [0.1, 0.15) is 31.4 Å². The lowest BCUT2D eigenvalue weighted by Gasteiger charge is -2.24. The number of Topliss-reactive ketones (excluding diaryl/α,β-unsaturated/α-hetero) is 1. The first-order chi connectivity index (χ1) is 19.5. The predicted octanol–water partition coefficient (Wildman–Crippen LogP) is -0.719. The van der Waals surface area contributed by atoms with Crippen molar-refractivity contribution in [2.45, 2.75) is 51.2 Å². The molecule has 0 radical (unpaired) electrons. The molecule has 12 nitrogen and oxygen atoms in total. The minimum absolute atomic E-state index is 0.0940. The Morgan fingerprint density at radius 2 is 1.37 bits per heavy atom. The zero-order valence-corrected chi connectivity index (χ0v) is 23.4. The van der Waals surface area contributed by atoms with Gasteiger partial charge in [-0.2, -0.15) is 0 Å². The van der Waals surface area contributed by atoms with Gasteiger partial charge in [0, 0.05) is 6.42 Å². The van der Waals surface area contributed by atoms with E-state index in [1.807, 2.05) is 19.9 Å². The molecule has 4 amide bonds. The highest BCUT2D eigenvalue weighted by atomic mass is 16.3. The smallest absolute Gasteiger partial charge is 0.243 e. The summed E-state index contributed by atoms with van der Waals surface area (Å²) in [6, 6.07) is 12.6. The number of ketones is 1. The molecule has 0 heterocycles. The summed E-state index contributed by atoms with van der Waals surface area (Å²) >= 11 is 0. The normalized spacial score (nSPS) is 13.0. The molecule has 0 aliphatic carbocycles. The lowest BCUT2D eigenvalue weighted by Crippen LogP contribution is -2.55. The van der Waals surface area contributed by atoms with Gasteiger partial charge in [-0.25, -0.2) is 0 Å². The number of rotatable bonds is 16. The molecule has 2 aromatic rings. The van der Waals surface area contributed by atoms with E-state index in [9.17, 15) is 29.1 Å². The van der Waals surface area contributed by atoms with Gasteiger partial charge in [0.2, 0.25) is 23.6 Å². The first-order valence-electron chi connectivity index (χ1n) is 13.4. The SMILES string of the molecule is CC(C)C[C@H](NC(=O)[C@H](Cc1ccccc1)NC(=O)CNC(=O)CNC(=O)[C@@H](N)Cc1ccc(O)cc1)C(=O)CN. The van der Waals surface area contributed by atoms with Crippen LogP contribution in [-0.4, -0.2) is 72.3 Å². The van der Waals surface area contributed by atoms with Crippen molar-refractivity contribution >= 4 is 29.4 Å². The van der Waals surface area contributed by atoms with E-state index in [0.717, 1.165) is 11.1 Å². The van der Waals surface area contributed by atoms with E-state index < -0.39 is 54.8 Å². The minimum atomic E-state index is -1.01. The second-order valence-corrected chi connectivity index (χ2v) is 10.1. The first-order valence-corrected chi connectivity index (χ1v) is 13.4. The van der Waals surface area contributed by atoms with E-state index in [1.54, 1.807) is 36.4 Å². The summed E-state index contributed by atoms with van der Waals surface area (Å²) in [5, 5.41) is 19.5. The summed E-state index contributed by atoms with van der Waals surface area (Å²) in [6.07, 6.45) is 0.761. The number of hydrogen-bond acceptors (Lipinski definition) is 8. The molecule has 0 unspecified atom stereocenters. The van der Waals surface area contributed by atoms with E-state index in [4.69, 9.17) is 11.5 Å². The molecule has 9 N–H and O–H groups in total. The van der Waals surface area contributed by atoms with Crippen molar-refractivity contribution in [3.05, 3.63) is 65.7 Å². The van der Waals surface area contributed by atoms with E-state index in [-0.39, 0.29) is 36.8 Å². The number of carbonyl (C=O) groups excluding carboxylic acids is 5. The van der Waals surface area contributed by atoms with Gasteiger partial charge in [0.25, 0.3) is 0 Å². The fourth-order valence-electron chi connectivity index (χ4n) is 3.98. The minimum Gasteiger partial charge on any atom is -0.508 e. The summed E-state index contributed by atoms with van der Waals surface area (Å²) in [5.74, 6) is -2.45. The molecule has 0 saturated carbocycles. The molecule has 0 spiro atoms. The highest BCUT2D eigenvalue weighted by Gasteiger charge is 2.27. The molecule has 41 heavy (non-hydrogen) atoms. The third-order valence-corrected chi connectivity index (χ3v) is 6.15. The molecule has 3 atom stereocenters. The number of nitrogens with two attached hydrogens (primary N) is 2. The van der Waals surface area contributed by atoms with E-state index in [2.05, 4.69) is 21.3 Å². The molecule has 0 aliphatic rings. The Morgan fingerprint density at radius 1 is 0.756 bits per heavy atom. The number of phenolic OH excluding ortho intramolecular Hbond substituents is 1. The molecule has 2 aromatic carbocycles. The van der Waals surface area contributed by atoms with Crippen LogP contribution in [0.4, 0.5) is 0 Å². The van der Waals surface area contributed by atoms with Crippen LogP contribution in [0.5, 0.6) is 5.75 Å². The van der Waals surface area contributed by atoms with Crippen molar-refractivity contribution < 1.29 is 29.1 Å². The Balaban J connectivity index is 1.91. The van der Waals surface area contributed by atoms with Crippen molar-refractivity contribution in [3.8, 4) is 5.75 Å². The second-order valence-electron chi connectivity index (χ2n) is 10.1. The summed E-state index contributed by atoms with van der Waals surface area (Å²) < 4.78 is 0. The number of benzene rings is 2. The maximum atomic E-state index is 13.1. The van der Waals surface area contributed by atoms with Crippen LogP contribution in [0.15, 0.2) is 54.6 Å². The lowest BCUT2D eigenvalue weighted by molar-refractivity contribution is -0.132. The number of carbonyl (C=O) groups is 5. The molecule has 2 rings (SSSR count). The highest BCUT2D eigenvalue weighted by molar-refractivity contribution is 5.94. The Bertz CT molecular complexity index is 1170. The average molecular weight is 569 g/mol. The standard InChI is InChI=1S/C29H40N6O6/c1-18(2)12-23(25(37)15-30)35-29(41)24(14-19-6-4-3-5-7-19)34-27(39)17-32-26(38)16-33-28(40)22(31)13-20-8-10-21(36)11-9-20/h3-11,18,22-24,36H,12-17,30-31H2,1-2H3,(H,32,38)(H,33,40)(H,34,39)(H,35,41)/t22-,23-,24-/m0/s1. The van der Waals surface area contributed by atoms with Crippen LogP contribution in [0.3, 0.4) is 0 Å². The number of amides is 4. The fraction of sp³-hybridized carbons (Fsp3) is 0.414. The predicted molar refractivity (Wildman–Crippen MR) is 153 cm³/mol. The Morgan fingerprint density at radius 3 is 1.98 bits per heavy atom. The van der Waals surface area contributed by atoms with Crippen molar-refractivity contribution in [2.24, 2.45) is 17.4 Å². The van der Waals surface area contributed by atoms with Crippen LogP contribution in [0.2, 0.25) is 0 Å². The molecule has 0 aromatic heterocycles. The van der Waals surface area contributed by atoms with Crippen LogP contribution in [0, 0.1) is 5.92 Å². The molecule has 0 bridgehead atoms. The maximum Gasteiger partial charge on any atom is 0.243 e. The molecule has 222 valence electrons. The van der Waals surface area contributed by atoms with Gasteiger partial charge in [-0.1, -0.05) is 56.3 Å². The monoisotopic (exact) mass is 568 g/mol. The Hall–Kier alpha value is -4.29. The van der Waals surface area contributed by atoms with Gasteiger partial charge in [0.1, 0.15) is 11.8 Å². The van der Waals surface area contributed by atoms with Crippen molar-refractivity contribution in [1.82, 2.24) is 21.3 Å². The summed E-state index contributed by atoms with van der Waals surface area (Å²) in [4.78, 5) is 62.6. The van der Waals surface area contributed by atoms with Gasteiger partial charge in [-0.05, 0) is 42.0 Å². The molecular weight excluding hydrogens is 528 g/mol. The van der Waals surface area contributed by atoms with Gasteiger partial charge >= 0.3 is 0 Å². The average Bonchev–Trinajstić information content (AvgIpc) is 2.95. The molecular formula is C29H40N6O6. The van der Waals surface area contributed by atoms with Crippen molar-refractivity contribution in [2.75, 3.05) is 19.6 Å². The summed E-state index contributed by atoms with van der Waals surface area (Å²) in [7, 11) is 0. The third-order valence-electron chi connectivity index (χ3n) is 6.15. The van der Waals surface area contributed by atoms with Crippen LogP contribution in [-0.2, 0) is 36.8 Å². The van der Waals surface area contributed by atoms with Crippen LogP contribution >= 0.6 is 0 Å². The number of phenols is 1. The van der Waals surface area contributed by atoms with Crippen molar-refractivity contribution in [3.63, 3.8) is 0 Å². The molecule has 0 saturated heterocycles. The van der Waals surface area contributed by atoms with Crippen LogP contribution in [0.25, 0.3) is 0 Å². The first kappa shape index (κ1) is 32.9. The topological polar surface area (TPSA) is 206 Å². The third kappa shape index (κ3) is 12.2.